The van der Waals surface area contributed by atoms with E-state index in [0.29, 0.717) is 5.92 Å². The molecule has 7 aromatic carbocycles. The molecular formula is C57H54IrN4Si-2. The van der Waals surface area contributed by atoms with E-state index in [1.807, 2.05) is 18.2 Å². The molecular weight excluding hydrogens is 961 g/mol. The molecule has 3 aromatic heterocycles. The van der Waals surface area contributed by atoms with Crippen molar-refractivity contribution < 1.29 is 20.1 Å². The maximum atomic E-state index is 5.39. The van der Waals surface area contributed by atoms with Gasteiger partial charge in [0, 0.05) is 49.4 Å². The van der Waals surface area contributed by atoms with Crippen LogP contribution >= 0.6 is 0 Å². The van der Waals surface area contributed by atoms with E-state index in [1.165, 1.54) is 65.9 Å². The zero-order valence-electron chi connectivity index (χ0n) is 37.5. The Morgan fingerprint density at radius 2 is 1.35 bits per heavy atom. The van der Waals surface area contributed by atoms with Gasteiger partial charge >= 0.3 is 0 Å². The van der Waals surface area contributed by atoms with Crippen LogP contribution in [0.3, 0.4) is 0 Å². The molecule has 0 bridgehead atoms. The van der Waals surface area contributed by atoms with Crippen molar-refractivity contribution in [3.05, 3.63) is 181 Å². The van der Waals surface area contributed by atoms with Gasteiger partial charge in [-0.05, 0) is 107 Å². The van der Waals surface area contributed by atoms with Crippen molar-refractivity contribution in [3.8, 4) is 39.5 Å². The largest absolute Gasteiger partial charge is 0.381 e. The fourth-order valence-corrected chi connectivity index (χ4v) is 10.9. The molecule has 63 heavy (non-hydrogen) atoms. The first-order valence-corrected chi connectivity index (χ1v) is 25.5. The number of rotatable bonds is 8. The third-order valence-corrected chi connectivity index (χ3v) is 14.1. The van der Waals surface area contributed by atoms with Gasteiger partial charge in [0.1, 0.15) is 0 Å². The van der Waals surface area contributed by atoms with Crippen molar-refractivity contribution in [2.75, 3.05) is 0 Å². The van der Waals surface area contributed by atoms with E-state index in [9.17, 15) is 0 Å². The predicted octanol–water partition coefficient (Wildman–Crippen LogP) is 14.3. The van der Waals surface area contributed by atoms with E-state index in [-0.39, 0.29) is 20.1 Å². The molecule has 0 aliphatic carbocycles. The number of aromatic nitrogens is 4. The first kappa shape index (κ1) is 43.7. The number of hydrogen-bond acceptors (Lipinski definition) is 2. The van der Waals surface area contributed by atoms with Crippen LogP contribution in [0.15, 0.2) is 152 Å². The summed E-state index contributed by atoms with van der Waals surface area (Å²) >= 11 is 0. The van der Waals surface area contributed by atoms with Crippen LogP contribution in [0.2, 0.25) is 19.6 Å². The molecule has 0 saturated carbocycles. The molecule has 0 aliphatic rings. The normalized spacial score (nSPS) is 11.6. The zero-order valence-corrected chi connectivity index (χ0v) is 40.9. The van der Waals surface area contributed by atoms with Crippen molar-refractivity contribution in [3.63, 3.8) is 0 Å². The van der Waals surface area contributed by atoms with Crippen molar-refractivity contribution in [2.24, 2.45) is 5.92 Å². The summed E-state index contributed by atoms with van der Waals surface area (Å²) in [5, 5.41) is 6.34. The standard InChI is InChI=1S/C39H30N3.C18H24NSi.Ir/c1-4-41-34-17-11-10-16-32(34)33-24-29(19-20-35(33)41)39-40-37-31-15-9-8-14-28(31)18-21-36(37)42(39)38-25(2)22-30(23-26(38)3)27-12-6-5-7-13-27;1-14(2)11-16-12-17(15-9-7-6-8-10-15)19-13-18(16)20(3,4)5;/h5-18,20-24H,4H2,1-3H3;6-9,12-14H,11H2,1-5H3;/q2*-1;. The number of fused-ring (bicyclic) bond motifs is 6. The summed E-state index contributed by atoms with van der Waals surface area (Å²) in [5.41, 5.74) is 15.2. The Kier molecular flexibility index (Phi) is 12.5. The van der Waals surface area contributed by atoms with Crippen LogP contribution in [0, 0.1) is 31.9 Å². The number of pyridine rings is 1. The van der Waals surface area contributed by atoms with E-state index in [4.69, 9.17) is 4.98 Å². The molecule has 0 atom stereocenters. The van der Waals surface area contributed by atoms with Crippen LogP contribution in [0.5, 0.6) is 0 Å². The van der Waals surface area contributed by atoms with Gasteiger partial charge in [-0.2, -0.15) is 0 Å². The quantitative estimate of drug-likeness (QED) is 0.112. The van der Waals surface area contributed by atoms with Crippen LogP contribution in [0.4, 0.5) is 0 Å². The van der Waals surface area contributed by atoms with Gasteiger partial charge in [0.25, 0.3) is 0 Å². The first-order valence-electron chi connectivity index (χ1n) is 22.0. The van der Waals surface area contributed by atoms with E-state index >= 15 is 0 Å². The Morgan fingerprint density at radius 3 is 2.05 bits per heavy atom. The number of nitrogens with zero attached hydrogens (tertiary/aromatic N) is 4. The smallest absolute Gasteiger partial charge is 0.0852 e. The molecule has 0 N–H and O–H groups in total. The molecule has 0 fully saturated rings. The van der Waals surface area contributed by atoms with Gasteiger partial charge in [0.15, 0.2) is 0 Å². The minimum Gasteiger partial charge on any atom is -0.381 e. The number of benzene rings is 7. The van der Waals surface area contributed by atoms with Gasteiger partial charge in [-0.15, -0.1) is 59.7 Å². The third kappa shape index (κ3) is 8.48. The van der Waals surface area contributed by atoms with Gasteiger partial charge < -0.3 is 14.1 Å². The Bertz CT molecular complexity index is 3210. The minimum absolute atomic E-state index is 0. The molecule has 0 unspecified atom stereocenters. The summed E-state index contributed by atoms with van der Waals surface area (Å²) in [7, 11) is -1.34. The minimum atomic E-state index is -1.34. The fourth-order valence-electron chi connectivity index (χ4n) is 9.26. The van der Waals surface area contributed by atoms with Crippen LogP contribution in [-0.2, 0) is 33.1 Å². The molecule has 3 heterocycles. The molecule has 10 aromatic rings. The molecule has 1 radical (unpaired) electrons. The first-order chi connectivity index (χ1) is 30.0. The van der Waals surface area contributed by atoms with Crippen molar-refractivity contribution >= 4 is 56.9 Å². The Hall–Kier alpha value is -5.91. The average molecular weight is 1020 g/mol. The van der Waals surface area contributed by atoms with E-state index in [1.54, 1.807) is 0 Å². The Morgan fingerprint density at radius 1 is 0.651 bits per heavy atom. The predicted molar refractivity (Wildman–Crippen MR) is 266 cm³/mol. The molecule has 317 valence electrons. The second kappa shape index (κ2) is 18.1. The summed E-state index contributed by atoms with van der Waals surface area (Å²) in [6.45, 7) is 19.3. The third-order valence-electron chi connectivity index (χ3n) is 12.0. The van der Waals surface area contributed by atoms with Crippen molar-refractivity contribution in [1.29, 1.82) is 0 Å². The summed E-state index contributed by atoms with van der Waals surface area (Å²) in [5.74, 6) is 1.58. The van der Waals surface area contributed by atoms with Gasteiger partial charge in [-0.25, -0.2) is 0 Å². The van der Waals surface area contributed by atoms with Crippen LogP contribution in [0.25, 0.3) is 83.1 Å². The van der Waals surface area contributed by atoms with Crippen molar-refractivity contribution in [2.45, 2.75) is 67.2 Å². The average Bonchev–Trinajstić information content (AvgIpc) is 3.82. The van der Waals surface area contributed by atoms with E-state index in [2.05, 4.69) is 214 Å². The SMILES string of the molecule is CC(C)Cc1cc(-c2[c-]cccc2)ncc1[Si](C)(C)C.CCn1c2c[c-]c(-c3nc4c5ccccc5ccc4n3-c3c(C)cc(-c4ccccc4)cc3C)cc2c2ccccc21.[Ir]. The second-order valence-corrected chi connectivity index (χ2v) is 23.0. The summed E-state index contributed by atoms with van der Waals surface area (Å²) in [4.78, 5) is 10.1. The number of para-hydroxylation sites is 1. The van der Waals surface area contributed by atoms with Gasteiger partial charge in [-0.1, -0.05) is 129 Å². The van der Waals surface area contributed by atoms with Crippen molar-refractivity contribution in [1.82, 2.24) is 19.1 Å². The monoisotopic (exact) mass is 1020 g/mol. The Balaban J connectivity index is 0.000000219. The molecule has 10 rings (SSSR count). The summed E-state index contributed by atoms with van der Waals surface area (Å²) in [6, 6.07) is 58.6. The molecule has 6 heteroatoms. The molecule has 0 saturated heterocycles. The fraction of sp³-hybridized carbons (Fsp3) is 0.193. The Labute approximate surface area is 387 Å². The van der Waals surface area contributed by atoms with E-state index < -0.39 is 8.07 Å². The zero-order chi connectivity index (χ0) is 43.1. The maximum absolute atomic E-state index is 5.39. The van der Waals surface area contributed by atoms with E-state index in [0.717, 1.165) is 52.0 Å². The number of hydrogen-bond donors (Lipinski definition) is 0. The molecule has 0 amide bonds. The van der Waals surface area contributed by atoms with Crippen LogP contribution < -0.4 is 5.19 Å². The summed E-state index contributed by atoms with van der Waals surface area (Å²) in [6.07, 6.45) is 3.24. The number of aryl methyl sites for hydroxylation is 3. The molecule has 0 aliphatic heterocycles. The topological polar surface area (TPSA) is 35.6 Å². The van der Waals surface area contributed by atoms with Gasteiger partial charge in [0.05, 0.1) is 24.9 Å². The maximum Gasteiger partial charge on any atom is 0.0852 e. The number of imidazole rings is 1. The van der Waals surface area contributed by atoms with Crippen LogP contribution in [-0.4, -0.2) is 27.2 Å². The van der Waals surface area contributed by atoms with Gasteiger partial charge in [0.2, 0.25) is 0 Å². The molecule has 4 nitrogen and oxygen atoms in total. The molecule has 0 spiro atoms. The van der Waals surface area contributed by atoms with Crippen LogP contribution in [0.1, 0.15) is 37.5 Å². The van der Waals surface area contributed by atoms with Gasteiger partial charge in [-0.3, -0.25) is 4.98 Å². The summed E-state index contributed by atoms with van der Waals surface area (Å²) < 4.78 is 4.73. The second-order valence-electron chi connectivity index (χ2n) is 18.0.